The van der Waals surface area contributed by atoms with Crippen LogP contribution in [-0.2, 0) is 14.8 Å². The van der Waals surface area contributed by atoms with E-state index in [1.165, 1.54) is 4.31 Å². The van der Waals surface area contributed by atoms with Crippen LogP contribution in [0.2, 0.25) is 0 Å². The monoisotopic (exact) mass is 250 g/mol. The quantitative estimate of drug-likeness (QED) is 0.766. The molecule has 16 heavy (non-hydrogen) atoms. The van der Waals surface area contributed by atoms with Crippen LogP contribution in [0.15, 0.2) is 0 Å². The fraction of sp³-hybridized carbons (Fsp3) is 1.00. The molecule has 1 aliphatic rings. The fourth-order valence-electron chi connectivity index (χ4n) is 1.82. The van der Waals surface area contributed by atoms with Crippen LogP contribution in [0, 0.1) is 5.41 Å². The van der Waals surface area contributed by atoms with Crippen molar-refractivity contribution in [1.82, 2.24) is 4.31 Å². The number of rotatable bonds is 3. The highest BCUT2D eigenvalue weighted by atomic mass is 32.2. The van der Waals surface area contributed by atoms with E-state index in [9.17, 15) is 8.42 Å². The van der Waals surface area contributed by atoms with Crippen molar-refractivity contribution in [3.05, 3.63) is 0 Å². The Kier molecular flexibility index (Phi) is 4.34. The number of hydrogen-bond donors (Lipinski definition) is 1. The number of sulfonamides is 1. The first-order valence-electron chi connectivity index (χ1n) is 5.53. The minimum Gasteiger partial charge on any atom is -0.378 e. The first-order valence-corrected chi connectivity index (χ1v) is 7.14. The zero-order valence-electron chi connectivity index (χ0n) is 10.3. The van der Waals surface area contributed by atoms with Crippen LogP contribution in [-0.4, -0.2) is 50.8 Å². The van der Waals surface area contributed by atoms with E-state index >= 15 is 0 Å². The largest absolute Gasteiger partial charge is 0.378 e. The van der Waals surface area contributed by atoms with Crippen LogP contribution in [0.4, 0.5) is 0 Å². The van der Waals surface area contributed by atoms with E-state index in [1.54, 1.807) is 0 Å². The molecule has 1 atom stereocenters. The van der Waals surface area contributed by atoms with Crippen molar-refractivity contribution in [2.24, 2.45) is 11.1 Å². The summed E-state index contributed by atoms with van der Waals surface area (Å²) in [5.41, 5.74) is 5.33. The van der Waals surface area contributed by atoms with Crippen molar-refractivity contribution in [1.29, 1.82) is 0 Å². The normalized spacial score (nSPS) is 24.6. The van der Waals surface area contributed by atoms with E-state index in [0.717, 1.165) is 0 Å². The third-order valence-corrected chi connectivity index (χ3v) is 4.84. The Morgan fingerprint density at radius 2 is 2.06 bits per heavy atom. The van der Waals surface area contributed by atoms with Gasteiger partial charge in [0.15, 0.2) is 0 Å². The predicted octanol–water partition coefficient (Wildman–Crippen LogP) is 0.0218. The summed E-state index contributed by atoms with van der Waals surface area (Å²) in [6.07, 6.45) is 0. The first kappa shape index (κ1) is 13.9. The third-order valence-electron chi connectivity index (χ3n) is 2.42. The van der Waals surface area contributed by atoms with Gasteiger partial charge in [0.25, 0.3) is 0 Å². The SMILES string of the molecule is CC(C)(C)CS(=O)(=O)N1CCOCC1CN. The molecule has 0 bridgehead atoms. The Hall–Kier alpha value is -0.170. The standard InChI is InChI=1S/C10H22N2O3S/c1-10(2,3)8-16(13,14)12-4-5-15-7-9(12)6-11/h9H,4-8,11H2,1-3H3. The Morgan fingerprint density at radius 3 is 2.56 bits per heavy atom. The van der Waals surface area contributed by atoms with Crippen molar-refractivity contribution in [3.63, 3.8) is 0 Å². The van der Waals surface area contributed by atoms with Crippen LogP contribution < -0.4 is 5.73 Å². The average molecular weight is 250 g/mol. The summed E-state index contributed by atoms with van der Waals surface area (Å²) in [4.78, 5) is 0. The molecule has 1 heterocycles. The summed E-state index contributed by atoms with van der Waals surface area (Å²) in [7, 11) is -3.23. The molecule has 1 saturated heterocycles. The molecule has 0 aromatic heterocycles. The minimum absolute atomic E-state index is 0.149. The van der Waals surface area contributed by atoms with Crippen LogP contribution >= 0.6 is 0 Å². The van der Waals surface area contributed by atoms with Crippen molar-refractivity contribution < 1.29 is 13.2 Å². The van der Waals surface area contributed by atoms with E-state index in [4.69, 9.17) is 10.5 Å². The second-order valence-corrected chi connectivity index (χ2v) is 7.31. The lowest BCUT2D eigenvalue weighted by Crippen LogP contribution is -2.53. The van der Waals surface area contributed by atoms with E-state index in [0.29, 0.717) is 26.3 Å². The van der Waals surface area contributed by atoms with Crippen LogP contribution in [0.3, 0.4) is 0 Å². The van der Waals surface area contributed by atoms with Gasteiger partial charge >= 0.3 is 0 Å². The molecule has 6 heteroatoms. The maximum absolute atomic E-state index is 12.2. The molecule has 1 unspecified atom stereocenters. The van der Waals surface area contributed by atoms with Gasteiger partial charge in [0, 0.05) is 13.1 Å². The van der Waals surface area contributed by atoms with E-state index in [1.807, 2.05) is 20.8 Å². The van der Waals surface area contributed by atoms with Gasteiger partial charge in [-0.2, -0.15) is 4.31 Å². The Bertz CT molecular complexity index is 321. The summed E-state index contributed by atoms with van der Waals surface area (Å²) < 4.78 is 31.1. The van der Waals surface area contributed by atoms with Gasteiger partial charge in [0.05, 0.1) is 25.0 Å². The number of ether oxygens (including phenoxy) is 1. The van der Waals surface area contributed by atoms with Crippen LogP contribution in [0.25, 0.3) is 0 Å². The highest BCUT2D eigenvalue weighted by molar-refractivity contribution is 7.89. The predicted molar refractivity (Wildman–Crippen MR) is 63.6 cm³/mol. The number of nitrogens with two attached hydrogens (primary N) is 1. The maximum atomic E-state index is 12.2. The molecule has 0 spiro atoms. The van der Waals surface area contributed by atoms with Gasteiger partial charge in [-0.25, -0.2) is 8.42 Å². The second kappa shape index (κ2) is 5.00. The Labute approximate surface area is 98.0 Å². The third kappa shape index (κ3) is 3.69. The maximum Gasteiger partial charge on any atom is 0.215 e. The summed E-state index contributed by atoms with van der Waals surface area (Å²) in [5, 5.41) is 0. The summed E-state index contributed by atoms with van der Waals surface area (Å²) >= 11 is 0. The smallest absolute Gasteiger partial charge is 0.215 e. The average Bonchev–Trinajstić information content (AvgIpc) is 2.14. The van der Waals surface area contributed by atoms with Crippen LogP contribution in [0.1, 0.15) is 20.8 Å². The summed E-state index contributed by atoms with van der Waals surface area (Å²) in [6.45, 7) is 7.34. The van der Waals surface area contributed by atoms with Crippen molar-refractivity contribution >= 4 is 10.0 Å². The van der Waals surface area contributed by atoms with Crippen LogP contribution in [0.5, 0.6) is 0 Å². The molecule has 0 radical (unpaired) electrons. The first-order chi connectivity index (χ1) is 7.26. The van der Waals surface area contributed by atoms with Gasteiger partial charge < -0.3 is 10.5 Å². The zero-order valence-corrected chi connectivity index (χ0v) is 11.1. The topological polar surface area (TPSA) is 72.6 Å². The number of nitrogens with zero attached hydrogens (tertiary/aromatic N) is 1. The molecule has 0 aromatic rings. The Balaban J connectivity index is 2.80. The molecular formula is C10H22N2O3S. The van der Waals surface area contributed by atoms with Gasteiger partial charge in [-0.05, 0) is 5.41 Å². The van der Waals surface area contributed by atoms with E-state index in [-0.39, 0.29) is 17.2 Å². The highest BCUT2D eigenvalue weighted by Crippen LogP contribution is 2.21. The zero-order chi connectivity index (χ0) is 12.4. The van der Waals surface area contributed by atoms with Gasteiger partial charge in [0.1, 0.15) is 0 Å². The molecule has 0 amide bonds. The Morgan fingerprint density at radius 1 is 1.44 bits per heavy atom. The molecule has 5 nitrogen and oxygen atoms in total. The van der Waals surface area contributed by atoms with Gasteiger partial charge in [-0.3, -0.25) is 0 Å². The van der Waals surface area contributed by atoms with Crippen molar-refractivity contribution in [2.45, 2.75) is 26.8 Å². The van der Waals surface area contributed by atoms with Crippen molar-refractivity contribution in [2.75, 3.05) is 32.1 Å². The fourth-order valence-corrected chi connectivity index (χ4v) is 4.04. The molecular weight excluding hydrogens is 228 g/mol. The molecule has 2 N–H and O–H groups in total. The van der Waals surface area contributed by atoms with Gasteiger partial charge in [-0.15, -0.1) is 0 Å². The van der Waals surface area contributed by atoms with E-state index in [2.05, 4.69) is 0 Å². The van der Waals surface area contributed by atoms with Crippen molar-refractivity contribution in [3.8, 4) is 0 Å². The summed E-state index contributed by atoms with van der Waals surface area (Å²) in [5.74, 6) is 0.149. The van der Waals surface area contributed by atoms with Gasteiger partial charge in [-0.1, -0.05) is 20.8 Å². The lowest BCUT2D eigenvalue weighted by Gasteiger charge is -2.35. The lowest BCUT2D eigenvalue weighted by molar-refractivity contribution is 0.0355. The molecule has 1 fully saturated rings. The summed E-state index contributed by atoms with van der Waals surface area (Å²) in [6, 6.07) is -0.207. The lowest BCUT2D eigenvalue weighted by atomic mass is 10.0. The number of morpholine rings is 1. The minimum atomic E-state index is -3.23. The molecule has 0 saturated carbocycles. The molecule has 0 aliphatic carbocycles. The van der Waals surface area contributed by atoms with Gasteiger partial charge in [0.2, 0.25) is 10.0 Å². The number of hydrogen-bond acceptors (Lipinski definition) is 4. The molecule has 1 rings (SSSR count). The molecule has 0 aromatic carbocycles. The second-order valence-electron chi connectivity index (χ2n) is 5.39. The van der Waals surface area contributed by atoms with E-state index < -0.39 is 10.0 Å². The highest BCUT2D eigenvalue weighted by Gasteiger charge is 2.34. The molecule has 96 valence electrons. The molecule has 1 aliphatic heterocycles.